The van der Waals surface area contributed by atoms with E-state index >= 15 is 0 Å². The van der Waals surface area contributed by atoms with Crippen molar-refractivity contribution in [3.63, 3.8) is 0 Å². The number of aryl methyl sites for hydroxylation is 1. The van der Waals surface area contributed by atoms with Crippen molar-refractivity contribution in [3.05, 3.63) is 56.2 Å². The molecule has 0 saturated heterocycles. The largest absolute Gasteiger partial charge is 0.496 e. The minimum atomic E-state index is -0.441. The Kier molecular flexibility index (Phi) is 4.74. The fourth-order valence-electron chi connectivity index (χ4n) is 1.91. The van der Waals surface area contributed by atoms with Crippen LogP contribution in [0.15, 0.2) is 34.9 Å². The quantitative estimate of drug-likeness (QED) is 0.656. The Hall–Kier alpha value is -2.15. The van der Waals surface area contributed by atoms with Gasteiger partial charge in [0.1, 0.15) is 17.8 Å². The lowest BCUT2D eigenvalue weighted by Gasteiger charge is -2.11. The van der Waals surface area contributed by atoms with Gasteiger partial charge in [0.2, 0.25) is 0 Å². The molecule has 1 aromatic carbocycles. The number of hydrogen-bond acceptors (Lipinski definition) is 5. The minimum absolute atomic E-state index is 0.0144. The molecule has 0 aliphatic rings. The van der Waals surface area contributed by atoms with Crippen molar-refractivity contribution in [2.75, 3.05) is 12.4 Å². The first-order chi connectivity index (χ1) is 10.0. The topological polar surface area (TPSA) is 77.3 Å². The molecule has 1 heterocycles. The maximum Gasteiger partial charge on any atom is 0.290 e. The normalized spacial score (nSPS) is 10.2. The zero-order valence-corrected chi connectivity index (χ0v) is 13.2. The number of ether oxygens (including phenoxy) is 1. The second-order valence-electron chi connectivity index (χ2n) is 4.42. The molecule has 21 heavy (non-hydrogen) atoms. The predicted octanol–water partition coefficient (Wildman–Crippen LogP) is 3.68. The summed E-state index contributed by atoms with van der Waals surface area (Å²) >= 11 is 3.41. The van der Waals surface area contributed by atoms with Crippen LogP contribution in [0, 0.1) is 17.0 Å². The van der Waals surface area contributed by atoms with Crippen LogP contribution in [-0.2, 0) is 6.54 Å². The highest BCUT2D eigenvalue weighted by molar-refractivity contribution is 9.10. The van der Waals surface area contributed by atoms with Crippen LogP contribution in [0.5, 0.6) is 5.75 Å². The third kappa shape index (κ3) is 3.69. The Morgan fingerprint density at radius 3 is 2.81 bits per heavy atom. The van der Waals surface area contributed by atoms with E-state index in [9.17, 15) is 10.1 Å². The van der Waals surface area contributed by atoms with Crippen LogP contribution >= 0.6 is 15.9 Å². The zero-order valence-electron chi connectivity index (χ0n) is 11.6. The van der Waals surface area contributed by atoms with Gasteiger partial charge in [0.25, 0.3) is 5.69 Å². The molecule has 2 rings (SSSR count). The molecule has 0 aliphatic heterocycles. The molecule has 0 saturated carbocycles. The Morgan fingerprint density at radius 2 is 2.19 bits per heavy atom. The van der Waals surface area contributed by atoms with E-state index in [0.717, 1.165) is 15.8 Å². The van der Waals surface area contributed by atoms with E-state index in [-0.39, 0.29) is 5.69 Å². The highest BCUT2D eigenvalue weighted by atomic mass is 79.9. The molecule has 0 unspecified atom stereocenters. The summed E-state index contributed by atoms with van der Waals surface area (Å²) in [4.78, 5) is 14.4. The third-order valence-electron chi connectivity index (χ3n) is 2.98. The van der Waals surface area contributed by atoms with Crippen molar-refractivity contribution >= 4 is 27.4 Å². The maximum absolute atomic E-state index is 10.8. The number of pyridine rings is 1. The molecule has 0 bridgehead atoms. The van der Waals surface area contributed by atoms with Crippen LogP contribution < -0.4 is 10.1 Å². The average Bonchev–Trinajstić information content (AvgIpc) is 2.45. The number of halogens is 1. The van der Waals surface area contributed by atoms with Crippen LogP contribution in [0.4, 0.5) is 11.5 Å². The lowest BCUT2D eigenvalue weighted by atomic mass is 10.2. The fourth-order valence-corrected chi connectivity index (χ4v) is 2.32. The molecule has 0 aliphatic carbocycles. The molecule has 6 nitrogen and oxygen atoms in total. The summed E-state index contributed by atoms with van der Waals surface area (Å²) in [6.45, 7) is 2.19. The summed E-state index contributed by atoms with van der Waals surface area (Å²) < 4.78 is 6.24. The Morgan fingerprint density at radius 1 is 1.43 bits per heavy atom. The van der Waals surface area contributed by atoms with Gasteiger partial charge < -0.3 is 10.1 Å². The molecule has 0 spiro atoms. The van der Waals surface area contributed by atoms with Gasteiger partial charge in [0.15, 0.2) is 0 Å². The van der Waals surface area contributed by atoms with Crippen molar-refractivity contribution in [3.8, 4) is 5.75 Å². The summed E-state index contributed by atoms with van der Waals surface area (Å²) in [6.07, 6.45) is 1.26. The van der Waals surface area contributed by atoms with Crippen molar-refractivity contribution in [1.29, 1.82) is 0 Å². The van der Waals surface area contributed by atoms with Crippen molar-refractivity contribution in [1.82, 2.24) is 4.98 Å². The number of hydrogen-bond donors (Lipinski definition) is 1. The van der Waals surface area contributed by atoms with Gasteiger partial charge in [0, 0.05) is 22.1 Å². The summed E-state index contributed by atoms with van der Waals surface area (Å²) in [5.41, 5.74) is 1.55. The van der Waals surface area contributed by atoms with Gasteiger partial charge in [-0.2, -0.15) is 0 Å². The molecule has 0 amide bonds. The number of nitrogens with zero attached hydrogens (tertiary/aromatic N) is 2. The highest BCUT2D eigenvalue weighted by Gasteiger charge is 2.11. The number of methoxy groups -OCH3 is 1. The monoisotopic (exact) mass is 351 g/mol. The van der Waals surface area contributed by atoms with Gasteiger partial charge in [-0.1, -0.05) is 15.9 Å². The van der Waals surface area contributed by atoms with Gasteiger partial charge in [-0.25, -0.2) is 4.98 Å². The van der Waals surface area contributed by atoms with E-state index in [1.807, 2.05) is 18.2 Å². The minimum Gasteiger partial charge on any atom is -0.496 e. The number of anilines is 1. The van der Waals surface area contributed by atoms with Crippen molar-refractivity contribution in [2.24, 2.45) is 0 Å². The van der Waals surface area contributed by atoms with Crippen LogP contribution in [-0.4, -0.2) is 17.0 Å². The third-order valence-corrected chi connectivity index (χ3v) is 3.48. The summed E-state index contributed by atoms with van der Waals surface area (Å²) in [5, 5.41) is 13.9. The predicted molar refractivity (Wildman–Crippen MR) is 83.6 cm³/mol. The highest BCUT2D eigenvalue weighted by Crippen LogP contribution is 2.24. The Bertz CT molecular complexity index is 677. The molecular weight excluding hydrogens is 338 g/mol. The zero-order chi connectivity index (χ0) is 15.4. The fraction of sp³-hybridized carbons (Fsp3) is 0.214. The van der Waals surface area contributed by atoms with E-state index in [4.69, 9.17) is 4.74 Å². The van der Waals surface area contributed by atoms with Crippen LogP contribution in [0.2, 0.25) is 0 Å². The Labute approximate surface area is 130 Å². The lowest BCUT2D eigenvalue weighted by molar-refractivity contribution is -0.385. The lowest BCUT2D eigenvalue weighted by Crippen LogP contribution is -2.04. The molecule has 0 fully saturated rings. The van der Waals surface area contributed by atoms with E-state index in [1.54, 1.807) is 20.1 Å². The van der Waals surface area contributed by atoms with Crippen LogP contribution in [0.1, 0.15) is 11.1 Å². The van der Waals surface area contributed by atoms with Gasteiger partial charge in [-0.05, 0) is 31.2 Å². The van der Waals surface area contributed by atoms with Crippen LogP contribution in [0.25, 0.3) is 0 Å². The van der Waals surface area contributed by atoms with E-state index in [1.165, 1.54) is 6.20 Å². The molecule has 2 aromatic rings. The van der Waals surface area contributed by atoms with Crippen molar-refractivity contribution in [2.45, 2.75) is 13.5 Å². The molecule has 0 atom stereocenters. The standard InChI is InChI=1S/C14H14BrN3O3/c1-9-5-14(17-8-12(9)18(19)20)16-7-10-6-11(15)3-4-13(10)21-2/h3-6,8H,7H2,1-2H3,(H,16,17). The average molecular weight is 352 g/mol. The number of benzene rings is 1. The summed E-state index contributed by atoms with van der Waals surface area (Å²) in [6, 6.07) is 7.37. The molecule has 1 aromatic heterocycles. The molecule has 110 valence electrons. The van der Waals surface area contributed by atoms with Gasteiger partial charge in [-0.15, -0.1) is 0 Å². The first-order valence-corrected chi connectivity index (χ1v) is 6.98. The van der Waals surface area contributed by atoms with Gasteiger partial charge in [0.05, 0.1) is 12.0 Å². The van der Waals surface area contributed by atoms with E-state index in [2.05, 4.69) is 26.2 Å². The molecular formula is C14H14BrN3O3. The first kappa shape index (κ1) is 15.2. The number of nitrogens with one attached hydrogen (secondary N) is 1. The SMILES string of the molecule is COc1ccc(Br)cc1CNc1cc(C)c([N+](=O)[O-])cn1. The second-order valence-corrected chi connectivity index (χ2v) is 5.34. The molecule has 0 radical (unpaired) electrons. The Balaban J connectivity index is 2.15. The van der Waals surface area contributed by atoms with Gasteiger partial charge in [-0.3, -0.25) is 10.1 Å². The molecule has 1 N–H and O–H groups in total. The number of aromatic nitrogens is 1. The van der Waals surface area contributed by atoms with E-state index in [0.29, 0.717) is 17.9 Å². The van der Waals surface area contributed by atoms with E-state index < -0.39 is 4.92 Å². The smallest absolute Gasteiger partial charge is 0.290 e. The van der Waals surface area contributed by atoms with Gasteiger partial charge >= 0.3 is 0 Å². The second kappa shape index (κ2) is 6.53. The number of rotatable bonds is 5. The van der Waals surface area contributed by atoms with Crippen LogP contribution in [0.3, 0.4) is 0 Å². The van der Waals surface area contributed by atoms with Crippen molar-refractivity contribution < 1.29 is 9.66 Å². The maximum atomic E-state index is 10.8. The summed E-state index contributed by atoms with van der Waals surface area (Å²) in [7, 11) is 1.61. The first-order valence-electron chi connectivity index (χ1n) is 6.18. The number of nitro groups is 1. The molecule has 7 heteroatoms. The summed E-state index contributed by atoms with van der Waals surface area (Å²) in [5.74, 6) is 1.35.